The highest BCUT2D eigenvalue weighted by atomic mass is 127. The van der Waals surface area contributed by atoms with Crippen LogP contribution in [-0.4, -0.2) is 16.1 Å². The van der Waals surface area contributed by atoms with Gasteiger partial charge >= 0.3 is 5.97 Å². The molecule has 3 nitrogen and oxygen atoms in total. The van der Waals surface area contributed by atoms with E-state index in [1.54, 1.807) is 22.6 Å². The Morgan fingerprint density at radius 2 is 2.21 bits per heavy atom. The van der Waals surface area contributed by atoms with Crippen molar-refractivity contribution in [1.82, 2.24) is 4.98 Å². The van der Waals surface area contributed by atoms with Crippen molar-refractivity contribution in [2.75, 3.05) is 0 Å². The second-order valence-corrected chi connectivity index (χ2v) is 4.09. The van der Waals surface area contributed by atoms with Crippen LogP contribution in [0.15, 0.2) is 10.7 Å². The number of aromatic nitrogens is 1. The summed E-state index contributed by atoms with van der Waals surface area (Å²) in [6, 6.07) is 0.922. The Balaban J connectivity index is 3.34. The molecule has 0 atom stereocenters. The maximum atomic E-state index is 12.3. The Labute approximate surface area is 99.8 Å². The van der Waals surface area contributed by atoms with Gasteiger partial charge in [0.15, 0.2) is 0 Å². The summed E-state index contributed by atoms with van der Waals surface area (Å²) >= 11 is 4.52. The summed E-state index contributed by atoms with van der Waals surface area (Å²) < 4.78 is 24.8. The van der Waals surface area contributed by atoms with E-state index >= 15 is 0 Å². The average molecular weight is 378 g/mol. The number of carboxylic acids is 1. The van der Waals surface area contributed by atoms with Crippen molar-refractivity contribution in [2.24, 2.45) is 0 Å². The lowest BCUT2D eigenvalue weighted by molar-refractivity contribution is 0.0694. The smallest absolute Gasteiger partial charge is 0.338 e. The Kier molecular flexibility index (Phi) is 3.76. The van der Waals surface area contributed by atoms with E-state index in [0.29, 0.717) is 0 Å². The largest absolute Gasteiger partial charge is 0.478 e. The van der Waals surface area contributed by atoms with Crippen LogP contribution in [0.3, 0.4) is 0 Å². The van der Waals surface area contributed by atoms with Gasteiger partial charge in [-0.3, -0.25) is 0 Å². The molecular weight excluding hydrogens is 375 g/mol. The Hall–Kier alpha value is -0.310. The van der Waals surface area contributed by atoms with Crippen molar-refractivity contribution in [3.8, 4) is 0 Å². The number of nitrogens with zero attached hydrogens (tertiary/aromatic N) is 1. The van der Waals surface area contributed by atoms with Gasteiger partial charge in [0, 0.05) is 0 Å². The minimum absolute atomic E-state index is 0.0260. The molecule has 0 aliphatic heterocycles. The van der Waals surface area contributed by atoms with Gasteiger partial charge in [0.1, 0.15) is 8.30 Å². The minimum Gasteiger partial charge on any atom is -0.478 e. The SMILES string of the molecule is O=C(O)c1cc(C(F)F)c(Br)nc1I. The molecule has 0 saturated carbocycles. The molecule has 1 N–H and O–H groups in total. The van der Waals surface area contributed by atoms with Crippen LogP contribution in [-0.2, 0) is 0 Å². The molecule has 0 aliphatic carbocycles. The highest BCUT2D eigenvalue weighted by Crippen LogP contribution is 2.28. The molecule has 7 heteroatoms. The lowest BCUT2D eigenvalue weighted by Crippen LogP contribution is -2.04. The zero-order valence-electron chi connectivity index (χ0n) is 6.47. The molecule has 1 heterocycles. The van der Waals surface area contributed by atoms with E-state index in [2.05, 4.69) is 20.9 Å². The van der Waals surface area contributed by atoms with Crippen LogP contribution in [0.2, 0.25) is 0 Å². The normalized spacial score (nSPS) is 10.6. The molecule has 1 aromatic rings. The zero-order valence-corrected chi connectivity index (χ0v) is 10.2. The van der Waals surface area contributed by atoms with Crippen LogP contribution in [0.5, 0.6) is 0 Å². The molecule has 0 radical (unpaired) electrons. The molecule has 0 fully saturated rings. The first-order chi connectivity index (χ1) is 6.43. The number of carbonyl (C=O) groups is 1. The highest BCUT2D eigenvalue weighted by Gasteiger charge is 2.18. The van der Waals surface area contributed by atoms with E-state index in [1.807, 2.05) is 0 Å². The molecule has 0 aromatic carbocycles. The molecule has 0 spiro atoms. The number of alkyl halides is 2. The second kappa shape index (κ2) is 4.47. The van der Waals surface area contributed by atoms with E-state index in [1.165, 1.54) is 0 Å². The molecular formula is C7H3BrF2INO2. The lowest BCUT2D eigenvalue weighted by atomic mass is 10.2. The molecule has 1 rings (SSSR count). The summed E-state index contributed by atoms with van der Waals surface area (Å²) in [6.45, 7) is 0. The van der Waals surface area contributed by atoms with Crippen LogP contribution >= 0.6 is 38.5 Å². The average Bonchev–Trinajstić information content (AvgIpc) is 2.02. The standard InChI is InChI=1S/C7H3BrF2INO2/c8-4-2(5(9)10)1-3(7(13)14)6(11)12-4/h1,5H,(H,13,14). The van der Waals surface area contributed by atoms with Crippen LogP contribution in [0, 0.1) is 3.70 Å². The van der Waals surface area contributed by atoms with Crippen molar-refractivity contribution in [3.05, 3.63) is 25.5 Å². The molecule has 0 amide bonds. The molecule has 0 bridgehead atoms. The monoisotopic (exact) mass is 377 g/mol. The van der Waals surface area contributed by atoms with E-state index in [-0.39, 0.29) is 13.9 Å². The number of halogens is 4. The lowest BCUT2D eigenvalue weighted by Gasteiger charge is -2.05. The van der Waals surface area contributed by atoms with Gasteiger partial charge in [-0.05, 0) is 44.6 Å². The number of aromatic carboxylic acids is 1. The summed E-state index contributed by atoms with van der Waals surface area (Å²) in [5, 5.41) is 8.66. The Morgan fingerprint density at radius 1 is 1.64 bits per heavy atom. The third-order valence-electron chi connectivity index (χ3n) is 1.42. The molecule has 0 unspecified atom stereocenters. The predicted molar refractivity (Wildman–Crippen MR) is 56.6 cm³/mol. The van der Waals surface area contributed by atoms with Gasteiger partial charge in [0.25, 0.3) is 6.43 Å². The first-order valence-electron chi connectivity index (χ1n) is 3.31. The summed E-state index contributed by atoms with van der Waals surface area (Å²) in [5.74, 6) is -1.27. The van der Waals surface area contributed by atoms with Crippen LogP contribution in [0.25, 0.3) is 0 Å². The van der Waals surface area contributed by atoms with Gasteiger partial charge in [0.2, 0.25) is 0 Å². The first-order valence-corrected chi connectivity index (χ1v) is 5.18. The van der Waals surface area contributed by atoms with Crippen molar-refractivity contribution in [2.45, 2.75) is 6.43 Å². The van der Waals surface area contributed by atoms with Crippen LogP contribution in [0.1, 0.15) is 22.3 Å². The fourth-order valence-electron chi connectivity index (χ4n) is 0.789. The van der Waals surface area contributed by atoms with Crippen molar-refractivity contribution in [1.29, 1.82) is 0 Å². The van der Waals surface area contributed by atoms with E-state index < -0.39 is 18.0 Å². The van der Waals surface area contributed by atoms with Crippen LogP contribution < -0.4 is 0 Å². The summed E-state index contributed by atoms with van der Waals surface area (Å²) in [7, 11) is 0. The molecule has 0 saturated heterocycles. The van der Waals surface area contributed by atoms with Gasteiger partial charge in [-0.2, -0.15) is 0 Å². The maximum absolute atomic E-state index is 12.3. The maximum Gasteiger partial charge on any atom is 0.338 e. The Morgan fingerprint density at radius 3 is 2.64 bits per heavy atom. The first kappa shape index (κ1) is 11.8. The number of hydrogen-bond donors (Lipinski definition) is 1. The summed E-state index contributed by atoms with van der Waals surface area (Å²) in [4.78, 5) is 14.3. The second-order valence-electron chi connectivity index (χ2n) is 2.31. The number of rotatable bonds is 2. The minimum atomic E-state index is -2.74. The van der Waals surface area contributed by atoms with E-state index in [0.717, 1.165) is 6.07 Å². The molecule has 14 heavy (non-hydrogen) atoms. The van der Waals surface area contributed by atoms with Gasteiger partial charge < -0.3 is 5.11 Å². The van der Waals surface area contributed by atoms with Gasteiger partial charge in [0.05, 0.1) is 11.1 Å². The van der Waals surface area contributed by atoms with Crippen molar-refractivity contribution < 1.29 is 18.7 Å². The van der Waals surface area contributed by atoms with Crippen molar-refractivity contribution >= 4 is 44.5 Å². The van der Waals surface area contributed by atoms with Crippen LogP contribution in [0.4, 0.5) is 8.78 Å². The van der Waals surface area contributed by atoms with E-state index in [9.17, 15) is 13.6 Å². The fraction of sp³-hybridized carbons (Fsp3) is 0.143. The zero-order chi connectivity index (χ0) is 10.9. The topological polar surface area (TPSA) is 50.2 Å². The quantitative estimate of drug-likeness (QED) is 0.636. The van der Waals surface area contributed by atoms with E-state index in [4.69, 9.17) is 5.11 Å². The molecule has 76 valence electrons. The van der Waals surface area contributed by atoms with Gasteiger partial charge in [-0.1, -0.05) is 0 Å². The number of pyridine rings is 1. The predicted octanol–water partition coefficient (Wildman–Crippen LogP) is 3.08. The highest BCUT2D eigenvalue weighted by molar-refractivity contribution is 14.1. The number of carboxylic acid groups (broad SMARTS) is 1. The molecule has 0 aliphatic rings. The number of hydrogen-bond acceptors (Lipinski definition) is 2. The van der Waals surface area contributed by atoms with Gasteiger partial charge in [-0.15, -0.1) is 0 Å². The van der Waals surface area contributed by atoms with Gasteiger partial charge in [-0.25, -0.2) is 18.6 Å². The summed E-state index contributed by atoms with van der Waals surface area (Å²) in [5.41, 5.74) is -0.632. The summed E-state index contributed by atoms with van der Waals surface area (Å²) in [6.07, 6.45) is -2.74. The third-order valence-corrected chi connectivity index (χ3v) is 2.88. The Bertz CT molecular complexity index is 386. The fourth-order valence-corrected chi connectivity index (χ4v) is 2.21. The van der Waals surface area contributed by atoms with Crippen molar-refractivity contribution in [3.63, 3.8) is 0 Å². The third kappa shape index (κ3) is 2.38. The molecule has 1 aromatic heterocycles.